The van der Waals surface area contributed by atoms with Crippen LogP contribution in [0.5, 0.6) is 0 Å². The summed E-state index contributed by atoms with van der Waals surface area (Å²) in [7, 11) is 1.75. The first-order chi connectivity index (χ1) is 16.8. The van der Waals surface area contributed by atoms with E-state index in [4.69, 9.17) is 4.98 Å². The van der Waals surface area contributed by atoms with Gasteiger partial charge in [0.25, 0.3) is 5.56 Å². The molecule has 0 saturated heterocycles. The van der Waals surface area contributed by atoms with Gasteiger partial charge in [0.05, 0.1) is 23.3 Å². The largest absolute Gasteiger partial charge is 0.416 e. The summed E-state index contributed by atoms with van der Waals surface area (Å²) in [6.07, 6.45) is 0.639. The van der Waals surface area contributed by atoms with E-state index < -0.39 is 11.7 Å². The van der Waals surface area contributed by atoms with Crippen LogP contribution in [-0.2, 0) is 12.7 Å². The number of aromatic nitrogens is 5. The molecule has 7 nitrogen and oxygen atoms in total. The lowest BCUT2D eigenvalue weighted by Gasteiger charge is -2.07. The van der Waals surface area contributed by atoms with Crippen LogP contribution >= 0.6 is 0 Å². The third kappa shape index (κ3) is 4.37. The molecule has 1 N–H and O–H groups in total. The van der Waals surface area contributed by atoms with Crippen LogP contribution in [0, 0.1) is 0 Å². The van der Waals surface area contributed by atoms with E-state index in [0.29, 0.717) is 34.3 Å². The lowest BCUT2D eigenvalue weighted by atomic mass is 10.1. The van der Waals surface area contributed by atoms with Gasteiger partial charge in [-0.15, -0.1) is 0 Å². The summed E-state index contributed by atoms with van der Waals surface area (Å²) in [6.45, 7) is 0.204. The standard InChI is InChI=1S/C25H19F3N6O/c1-29-20-9-11-30-21(31-20)15-33-13-10-17(14-22(33)35)23-19-4-2-3-12-34(19)24(32-23)16-5-7-18(8-6-16)25(26,27)28/h2-14H,15H2,1H3,(H,29,30,31). The number of anilines is 1. The van der Waals surface area contributed by atoms with Gasteiger partial charge in [-0.2, -0.15) is 13.2 Å². The van der Waals surface area contributed by atoms with E-state index in [2.05, 4.69) is 15.3 Å². The highest BCUT2D eigenvalue weighted by atomic mass is 19.4. The third-order valence-electron chi connectivity index (χ3n) is 5.56. The Labute approximate surface area is 197 Å². The Morgan fingerprint density at radius 3 is 2.46 bits per heavy atom. The monoisotopic (exact) mass is 476 g/mol. The molecule has 0 spiro atoms. The van der Waals surface area contributed by atoms with Crippen LogP contribution in [0.15, 0.2) is 84.0 Å². The molecule has 4 heterocycles. The highest BCUT2D eigenvalue weighted by Gasteiger charge is 2.30. The highest BCUT2D eigenvalue weighted by molar-refractivity contribution is 5.81. The van der Waals surface area contributed by atoms with Gasteiger partial charge in [0, 0.05) is 42.8 Å². The minimum atomic E-state index is -4.41. The summed E-state index contributed by atoms with van der Waals surface area (Å²) in [4.78, 5) is 26.1. The van der Waals surface area contributed by atoms with Crippen LogP contribution < -0.4 is 10.9 Å². The summed E-state index contributed by atoms with van der Waals surface area (Å²) < 4.78 is 42.2. The molecule has 0 unspecified atom stereocenters. The minimum Gasteiger partial charge on any atom is -0.373 e. The molecule has 0 aliphatic rings. The lowest BCUT2D eigenvalue weighted by molar-refractivity contribution is -0.137. The van der Waals surface area contributed by atoms with Gasteiger partial charge in [-0.3, -0.25) is 9.20 Å². The molecular weight excluding hydrogens is 457 g/mol. The summed E-state index contributed by atoms with van der Waals surface area (Å²) in [5, 5.41) is 2.94. The van der Waals surface area contributed by atoms with Crippen molar-refractivity contribution >= 4 is 11.3 Å². The fraction of sp³-hybridized carbons (Fsp3) is 0.120. The van der Waals surface area contributed by atoms with Crippen LogP contribution in [0.3, 0.4) is 0 Å². The number of nitrogens with one attached hydrogen (secondary N) is 1. The van der Waals surface area contributed by atoms with Gasteiger partial charge in [0.2, 0.25) is 0 Å². The Morgan fingerprint density at radius 2 is 1.74 bits per heavy atom. The van der Waals surface area contributed by atoms with Crippen molar-refractivity contribution in [1.29, 1.82) is 0 Å². The maximum Gasteiger partial charge on any atom is 0.416 e. The van der Waals surface area contributed by atoms with E-state index in [9.17, 15) is 18.0 Å². The number of benzene rings is 1. The molecule has 0 atom stereocenters. The molecule has 5 rings (SSSR count). The van der Waals surface area contributed by atoms with Gasteiger partial charge in [0.1, 0.15) is 17.5 Å². The van der Waals surface area contributed by atoms with E-state index in [1.54, 1.807) is 42.2 Å². The molecule has 0 aliphatic heterocycles. The second kappa shape index (κ2) is 8.71. The highest BCUT2D eigenvalue weighted by Crippen LogP contribution is 2.33. The number of fused-ring (bicyclic) bond motifs is 1. The predicted octanol–water partition coefficient (Wildman–Crippen LogP) is 4.73. The number of rotatable bonds is 5. The van der Waals surface area contributed by atoms with Crippen LogP contribution in [0.1, 0.15) is 11.4 Å². The van der Waals surface area contributed by atoms with Gasteiger partial charge in [-0.25, -0.2) is 15.0 Å². The number of nitrogens with zero attached hydrogens (tertiary/aromatic N) is 5. The number of alkyl halides is 3. The van der Waals surface area contributed by atoms with Crippen molar-refractivity contribution < 1.29 is 13.2 Å². The molecule has 1 aromatic carbocycles. The Bertz CT molecular complexity index is 1570. The van der Waals surface area contributed by atoms with Crippen LogP contribution in [-0.4, -0.2) is 31.0 Å². The molecule has 0 aliphatic carbocycles. The predicted molar refractivity (Wildman–Crippen MR) is 126 cm³/mol. The quantitative estimate of drug-likeness (QED) is 0.397. The second-order valence-corrected chi connectivity index (χ2v) is 7.80. The molecule has 5 aromatic rings. The molecule has 35 heavy (non-hydrogen) atoms. The van der Waals surface area contributed by atoms with E-state index in [0.717, 1.165) is 17.6 Å². The number of hydrogen-bond acceptors (Lipinski definition) is 5. The topological polar surface area (TPSA) is 77.1 Å². The average Bonchev–Trinajstić information content (AvgIpc) is 3.25. The Morgan fingerprint density at radius 1 is 0.943 bits per heavy atom. The number of halogens is 3. The zero-order chi connectivity index (χ0) is 24.6. The normalized spacial score (nSPS) is 11.7. The molecule has 0 saturated carbocycles. The van der Waals surface area contributed by atoms with Crippen LogP contribution in [0.25, 0.3) is 28.2 Å². The smallest absolute Gasteiger partial charge is 0.373 e. The summed E-state index contributed by atoms with van der Waals surface area (Å²) in [6, 6.07) is 15.3. The van der Waals surface area contributed by atoms with Crippen molar-refractivity contribution in [2.75, 3.05) is 12.4 Å². The third-order valence-corrected chi connectivity index (χ3v) is 5.56. The molecule has 0 fully saturated rings. The van der Waals surface area contributed by atoms with E-state index >= 15 is 0 Å². The second-order valence-electron chi connectivity index (χ2n) is 7.80. The first kappa shape index (κ1) is 22.3. The van der Waals surface area contributed by atoms with Gasteiger partial charge in [0.15, 0.2) is 0 Å². The Hall–Kier alpha value is -4.47. The van der Waals surface area contributed by atoms with Gasteiger partial charge >= 0.3 is 6.18 Å². The molecule has 0 bridgehead atoms. The average molecular weight is 476 g/mol. The summed E-state index contributed by atoms with van der Waals surface area (Å²) in [5.74, 6) is 1.62. The maximum absolute atomic E-state index is 13.0. The fourth-order valence-corrected chi connectivity index (χ4v) is 3.81. The fourth-order valence-electron chi connectivity index (χ4n) is 3.81. The van der Waals surface area contributed by atoms with E-state index in [1.165, 1.54) is 22.8 Å². The number of pyridine rings is 2. The van der Waals surface area contributed by atoms with Crippen molar-refractivity contribution in [3.63, 3.8) is 0 Å². The first-order valence-electron chi connectivity index (χ1n) is 10.7. The van der Waals surface area contributed by atoms with E-state index in [-0.39, 0.29) is 12.1 Å². The SMILES string of the molecule is CNc1ccnc(Cn2ccc(-c3nc(-c4ccc(C(F)(F)F)cc4)n4ccccc34)cc2=O)n1. The summed E-state index contributed by atoms with van der Waals surface area (Å²) >= 11 is 0. The van der Waals surface area contributed by atoms with Crippen LogP contribution in [0.4, 0.5) is 19.0 Å². The van der Waals surface area contributed by atoms with Crippen molar-refractivity contribution in [1.82, 2.24) is 23.9 Å². The lowest BCUT2D eigenvalue weighted by Crippen LogP contribution is -2.20. The summed E-state index contributed by atoms with van der Waals surface area (Å²) in [5.41, 5.74) is 1.42. The van der Waals surface area contributed by atoms with Gasteiger partial charge < -0.3 is 9.88 Å². The van der Waals surface area contributed by atoms with Crippen molar-refractivity contribution in [2.24, 2.45) is 0 Å². The molecule has 176 valence electrons. The number of hydrogen-bond donors (Lipinski definition) is 1. The zero-order valence-corrected chi connectivity index (χ0v) is 18.5. The zero-order valence-electron chi connectivity index (χ0n) is 18.5. The van der Waals surface area contributed by atoms with Crippen molar-refractivity contribution in [2.45, 2.75) is 12.7 Å². The molecule has 0 amide bonds. The Kier molecular flexibility index (Phi) is 5.56. The van der Waals surface area contributed by atoms with Crippen molar-refractivity contribution in [3.05, 3.63) is 101 Å². The molecule has 4 aromatic heterocycles. The van der Waals surface area contributed by atoms with Gasteiger partial charge in [-0.05, 0) is 36.4 Å². The minimum absolute atomic E-state index is 0.204. The van der Waals surface area contributed by atoms with Gasteiger partial charge in [-0.1, -0.05) is 18.2 Å². The molecule has 10 heteroatoms. The van der Waals surface area contributed by atoms with E-state index in [1.807, 2.05) is 18.2 Å². The van der Waals surface area contributed by atoms with Crippen LogP contribution in [0.2, 0.25) is 0 Å². The Balaban J connectivity index is 1.53. The van der Waals surface area contributed by atoms with Crippen molar-refractivity contribution in [3.8, 4) is 22.6 Å². The molecule has 0 radical (unpaired) electrons. The number of imidazole rings is 1. The molecular formula is C25H19F3N6O. The maximum atomic E-state index is 13.0. The first-order valence-corrected chi connectivity index (χ1v) is 10.7.